The van der Waals surface area contributed by atoms with E-state index in [4.69, 9.17) is 21.3 Å². The van der Waals surface area contributed by atoms with Crippen LogP contribution in [0, 0.1) is 5.92 Å². The quantitative estimate of drug-likeness (QED) is 0.707. The van der Waals surface area contributed by atoms with Crippen molar-refractivity contribution in [2.45, 2.75) is 25.8 Å². The minimum absolute atomic E-state index is 0.214. The maximum Gasteiger partial charge on any atom is 0.338 e. The Morgan fingerprint density at radius 2 is 2.10 bits per heavy atom. The highest BCUT2D eigenvalue weighted by Gasteiger charge is 2.36. The first-order valence-corrected chi connectivity index (χ1v) is 11.1. The Balaban J connectivity index is 1.86. The van der Waals surface area contributed by atoms with E-state index in [-0.39, 0.29) is 11.9 Å². The third-order valence-corrected chi connectivity index (χ3v) is 6.28. The second kappa shape index (κ2) is 9.07. The van der Waals surface area contributed by atoms with E-state index in [0.717, 1.165) is 42.2 Å². The highest BCUT2D eigenvalue weighted by molar-refractivity contribution is 7.11. The summed E-state index contributed by atoms with van der Waals surface area (Å²) < 4.78 is 5.44. The van der Waals surface area contributed by atoms with Crippen molar-refractivity contribution < 1.29 is 9.53 Å². The molecule has 1 fully saturated rings. The third kappa shape index (κ3) is 4.22. The van der Waals surface area contributed by atoms with E-state index in [0.29, 0.717) is 23.0 Å². The second-order valence-electron chi connectivity index (χ2n) is 6.94. The number of ether oxygens (including phenoxy) is 1. The zero-order chi connectivity index (χ0) is 20.2. The molecule has 1 unspecified atom stereocenters. The van der Waals surface area contributed by atoms with E-state index < -0.39 is 6.04 Å². The lowest BCUT2D eigenvalue weighted by Gasteiger charge is -2.33. The summed E-state index contributed by atoms with van der Waals surface area (Å²) in [5.74, 6) is 0.540. The normalized spacial score (nSPS) is 20.2. The van der Waals surface area contributed by atoms with Crippen molar-refractivity contribution in [2.75, 3.05) is 19.7 Å². The van der Waals surface area contributed by atoms with Gasteiger partial charge in [0, 0.05) is 33.8 Å². The fourth-order valence-corrected chi connectivity index (χ4v) is 4.63. The molecule has 8 heteroatoms. The van der Waals surface area contributed by atoms with Crippen molar-refractivity contribution in [1.82, 2.24) is 15.6 Å². The molecule has 0 saturated carbocycles. The topological polar surface area (TPSA) is 75.6 Å². The molecular weight excluding hydrogens is 408 g/mol. The number of carbonyl (C=O) groups is 1. The predicted octanol–water partition coefficient (Wildman–Crippen LogP) is 3.70. The third-order valence-electron chi connectivity index (χ3n) is 5.15. The number of esters is 1. The lowest BCUT2D eigenvalue weighted by molar-refractivity contribution is -0.139. The first kappa shape index (κ1) is 20.1. The summed E-state index contributed by atoms with van der Waals surface area (Å²) in [6.45, 7) is 3.94. The fourth-order valence-electron chi connectivity index (χ4n) is 3.80. The molecule has 2 aliphatic rings. The van der Waals surface area contributed by atoms with E-state index in [9.17, 15) is 4.79 Å². The smallest absolute Gasteiger partial charge is 0.338 e. The number of carbonyl (C=O) groups excluding carboxylic acids is 1. The number of piperidine rings is 1. The Hall–Kier alpha value is -2.22. The summed E-state index contributed by atoms with van der Waals surface area (Å²) in [7, 11) is 0. The summed E-state index contributed by atoms with van der Waals surface area (Å²) in [6, 6.07) is 6.99. The molecule has 1 aromatic carbocycles. The average Bonchev–Trinajstić information content (AvgIpc) is 3.29. The number of rotatable bonds is 5. The molecule has 2 N–H and O–H groups in total. The van der Waals surface area contributed by atoms with Crippen LogP contribution in [0.15, 0.2) is 52.1 Å². The summed E-state index contributed by atoms with van der Waals surface area (Å²) in [4.78, 5) is 22.4. The van der Waals surface area contributed by atoms with Crippen LogP contribution in [-0.2, 0) is 9.53 Å². The van der Waals surface area contributed by atoms with Crippen LogP contribution in [0.4, 0.5) is 0 Å². The zero-order valence-electron chi connectivity index (χ0n) is 16.2. The molecule has 29 heavy (non-hydrogen) atoms. The Morgan fingerprint density at radius 3 is 2.79 bits per heavy atom. The summed E-state index contributed by atoms with van der Waals surface area (Å²) in [5, 5.41) is 10.1. The molecule has 0 spiro atoms. The van der Waals surface area contributed by atoms with E-state index in [1.807, 2.05) is 36.6 Å². The predicted molar refractivity (Wildman–Crippen MR) is 115 cm³/mol. The van der Waals surface area contributed by atoms with E-state index in [1.54, 1.807) is 6.20 Å². The zero-order valence-corrected chi connectivity index (χ0v) is 17.7. The van der Waals surface area contributed by atoms with Crippen molar-refractivity contribution in [3.63, 3.8) is 0 Å². The van der Waals surface area contributed by atoms with Gasteiger partial charge in [0.25, 0.3) is 0 Å². The number of hydrogen-bond donors (Lipinski definition) is 2. The van der Waals surface area contributed by atoms with Crippen LogP contribution in [0.25, 0.3) is 0 Å². The van der Waals surface area contributed by atoms with Gasteiger partial charge in [-0.05, 0) is 38.9 Å². The molecular formula is C21H23ClN4O2S. The molecule has 6 nitrogen and oxygen atoms in total. The van der Waals surface area contributed by atoms with Crippen LogP contribution in [0.2, 0.25) is 5.02 Å². The maximum atomic E-state index is 13.1. The Morgan fingerprint density at radius 1 is 1.31 bits per heavy atom. The first-order valence-electron chi connectivity index (χ1n) is 9.80. The lowest BCUT2D eigenvalue weighted by atomic mass is 9.86. The van der Waals surface area contributed by atoms with Crippen LogP contribution < -0.4 is 10.6 Å². The van der Waals surface area contributed by atoms with Crippen molar-refractivity contribution in [2.24, 2.45) is 10.9 Å². The SMILES string of the molecule is CCOC(=O)C1=C(C2CCNCC2)NC(c2nccs2)=NC1c1ccccc1Cl. The highest BCUT2D eigenvalue weighted by Crippen LogP contribution is 2.39. The summed E-state index contributed by atoms with van der Waals surface area (Å²) in [6.07, 6.45) is 3.63. The number of allylic oxidation sites excluding steroid dienone is 1. The average molecular weight is 431 g/mol. The molecule has 1 atom stereocenters. The molecule has 0 radical (unpaired) electrons. The van der Waals surface area contributed by atoms with Gasteiger partial charge < -0.3 is 15.4 Å². The largest absolute Gasteiger partial charge is 0.463 e. The number of amidine groups is 1. The Labute approximate surface area is 179 Å². The molecule has 0 amide bonds. The molecule has 1 aromatic heterocycles. The van der Waals surface area contributed by atoms with Gasteiger partial charge in [-0.1, -0.05) is 29.8 Å². The van der Waals surface area contributed by atoms with Gasteiger partial charge in [0.15, 0.2) is 10.8 Å². The fraction of sp³-hybridized carbons (Fsp3) is 0.381. The molecule has 0 bridgehead atoms. The monoisotopic (exact) mass is 430 g/mol. The summed E-state index contributed by atoms with van der Waals surface area (Å²) in [5.41, 5.74) is 2.22. The second-order valence-corrected chi connectivity index (χ2v) is 8.24. The molecule has 2 aromatic rings. The van der Waals surface area contributed by atoms with Gasteiger partial charge in [-0.3, -0.25) is 4.99 Å². The van der Waals surface area contributed by atoms with Gasteiger partial charge in [-0.25, -0.2) is 9.78 Å². The van der Waals surface area contributed by atoms with Gasteiger partial charge in [-0.15, -0.1) is 11.3 Å². The number of aliphatic imine (C=N–C) groups is 1. The van der Waals surface area contributed by atoms with Crippen molar-refractivity contribution in [1.29, 1.82) is 0 Å². The molecule has 152 valence electrons. The van der Waals surface area contributed by atoms with Gasteiger partial charge in [0.2, 0.25) is 0 Å². The van der Waals surface area contributed by atoms with E-state index in [2.05, 4.69) is 15.6 Å². The number of nitrogens with zero attached hydrogens (tertiary/aromatic N) is 2. The van der Waals surface area contributed by atoms with Crippen molar-refractivity contribution >= 4 is 34.7 Å². The van der Waals surface area contributed by atoms with Crippen LogP contribution in [-0.4, -0.2) is 36.5 Å². The van der Waals surface area contributed by atoms with Crippen molar-refractivity contribution in [3.8, 4) is 0 Å². The molecule has 0 aliphatic carbocycles. The van der Waals surface area contributed by atoms with Crippen LogP contribution in [0.3, 0.4) is 0 Å². The van der Waals surface area contributed by atoms with Crippen LogP contribution in [0.5, 0.6) is 0 Å². The minimum atomic E-state index is -0.534. The van der Waals surface area contributed by atoms with Gasteiger partial charge in [0.05, 0.1) is 12.2 Å². The molecule has 3 heterocycles. The number of hydrogen-bond acceptors (Lipinski definition) is 7. The standard InChI is InChI=1S/C21H23ClN4O2S/c1-2-28-21(27)16-17(13-7-9-23-10-8-13)25-19(20-24-11-12-29-20)26-18(16)14-5-3-4-6-15(14)22/h3-6,11-13,18,23H,2,7-10H2,1H3,(H,25,26). The summed E-state index contributed by atoms with van der Waals surface area (Å²) >= 11 is 8.03. The lowest BCUT2D eigenvalue weighted by Crippen LogP contribution is -2.40. The van der Waals surface area contributed by atoms with Crippen molar-refractivity contribution in [3.05, 3.63) is 62.7 Å². The first-order chi connectivity index (χ1) is 14.2. The molecule has 1 saturated heterocycles. The van der Waals surface area contributed by atoms with Gasteiger partial charge >= 0.3 is 5.97 Å². The maximum absolute atomic E-state index is 13.1. The van der Waals surface area contributed by atoms with E-state index >= 15 is 0 Å². The number of aromatic nitrogens is 1. The molecule has 4 rings (SSSR count). The van der Waals surface area contributed by atoms with Crippen LogP contribution >= 0.6 is 22.9 Å². The van der Waals surface area contributed by atoms with Gasteiger partial charge in [0.1, 0.15) is 6.04 Å². The van der Waals surface area contributed by atoms with Crippen LogP contribution in [0.1, 0.15) is 36.4 Å². The minimum Gasteiger partial charge on any atom is -0.463 e. The number of nitrogens with one attached hydrogen (secondary N) is 2. The van der Waals surface area contributed by atoms with Gasteiger partial charge in [-0.2, -0.15) is 0 Å². The molecule has 2 aliphatic heterocycles. The Kier molecular flexibility index (Phi) is 6.28. The number of halogens is 1. The number of benzene rings is 1. The Bertz CT molecular complexity index is 936. The van der Waals surface area contributed by atoms with E-state index in [1.165, 1.54) is 11.3 Å². The number of thiazole rings is 1. The highest BCUT2D eigenvalue weighted by atomic mass is 35.5.